The van der Waals surface area contributed by atoms with Gasteiger partial charge in [-0.3, -0.25) is 0 Å². The zero-order valence-corrected chi connectivity index (χ0v) is 37.2. The number of hydrogen-bond donors (Lipinski definition) is 0. The third kappa shape index (κ3) is 8.22. The highest BCUT2D eigenvalue weighted by molar-refractivity contribution is 7.99. The minimum absolute atomic E-state index is 0.288. The summed E-state index contributed by atoms with van der Waals surface area (Å²) in [5, 5.41) is 8.56. The molecule has 0 radical (unpaired) electrons. The monoisotopic (exact) mass is 855 g/mol. The summed E-state index contributed by atoms with van der Waals surface area (Å²) >= 11 is 3.53. The quantitative estimate of drug-likeness (QED) is 0.0755. The first-order valence-electron chi connectivity index (χ1n) is 20.9. The van der Waals surface area contributed by atoms with E-state index in [0.717, 1.165) is 75.9 Å². The molecule has 7 heteroatoms. The summed E-state index contributed by atoms with van der Waals surface area (Å²) in [5.74, 6) is 3.63. The molecule has 61 heavy (non-hydrogen) atoms. The molecule has 9 aromatic rings. The maximum absolute atomic E-state index is 6.31. The highest BCUT2D eigenvalue weighted by Gasteiger charge is 2.29. The van der Waals surface area contributed by atoms with Crippen LogP contribution in [0.25, 0.3) is 43.1 Å². The van der Waals surface area contributed by atoms with Crippen LogP contribution in [0, 0.1) is 0 Å². The van der Waals surface area contributed by atoms with E-state index in [1.807, 2.05) is 27.7 Å². The van der Waals surface area contributed by atoms with Crippen molar-refractivity contribution in [2.24, 2.45) is 0 Å². The molecule has 9 aromatic carbocycles. The Bertz CT molecular complexity index is 2780. The highest BCUT2D eigenvalue weighted by Crippen LogP contribution is 2.47. The van der Waals surface area contributed by atoms with Crippen LogP contribution < -0.4 is 18.9 Å². The van der Waals surface area contributed by atoms with E-state index in [9.17, 15) is 0 Å². The molecule has 0 unspecified atom stereocenters. The van der Waals surface area contributed by atoms with Crippen LogP contribution in [0.1, 0.15) is 27.7 Å². The molecule has 9 rings (SSSR count). The minimum Gasteiger partial charge on any atom is -0.493 e. The molecule has 0 aromatic heterocycles. The zero-order valence-electron chi connectivity index (χ0n) is 34.8. The van der Waals surface area contributed by atoms with E-state index in [1.54, 1.807) is 23.5 Å². The summed E-state index contributed by atoms with van der Waals surface area (Å²) in [5.41, 5.74) is 0. The molecule has 0 amide bonds. The van der Waals surface area contributed by atoms with Crippen LogP contribution >= 0.6 is 23.5 Å². The highest BCUT2D eigenvalue weighted by atomic mass is 32.2. The van der Waals surface area contributed by atoms with E-state index in [0.29, 0.717) is 26.4 Å². The summed E-state index contributed by atoms with van der Waals surface area (Å²) in [7, 11) is -0.288. The molecule has 0 atom stereocenters. The number of ether oxygens (including phenoxy) is 4. The van der Waals surface area contributed by atoms with E-state index in [4.69, 9.17) is 18.9 Å². The Morgan fingerprint density at radius 1 is 0.311 bits per heavy atom. The van der Waals surface area contributed by atoms with Crippen molar-refractivity contribution in [3.63, 3.8) is 0 Å². The van der Waals surface area contributed by atoms with E-state index in [-0.39, 0.29) is 10.9 Å². The normalized spacial score (nSPS) is 11.5. The third-order valence-electron chi connectivity index (χ3n) is 10.5. The van der Waals surface area contributed by atoms with Crippen molar-refractivity contribution in [1.82, 2.24) is 0 Å². The molecule has 4 nitrogen and oxygen atoms in total. The van der Waals surface area contributed by atoms with E-state index in [1.165, 1.54) is 24.5 Å². The van der Waals surface area contributed by atoms with E-state index < -0.39 is 0 Å². The maximum atomic E-state index is 6.31. The Morgan fingerprint density at radius 2 is 0.607 bits per heavy atom. The van der Waals surface area contributed by atoms with Crippen LogP contribution in [0.4, 0.5) is 0 Å². The summed E-state index contributed by atoms with van der Waals surface area (Å²) < 4.78 is 25.1. The van der Waals surface area contributed by atoms with Gasteiger partial charge in [-0.25, -0.2) is 0 Å². The van der Waals surface area contributed by atoms with Crippen molar-refractivity contribution >= 4 is 77.5 Å². The van der Waals surface area contributed by atoms with Crippen molar-refractivity contribution in [2.75, 3.05) is 26.4 Å². The maximum Gasteiger partial charge on any atom is 0.166 e. The lowest BCUT2D eigenvalue weighted by atomic mass is 10.0. The first-order chi connectivity index (χ1) is 30.1. The second-order valence-corrected chi connectivity index (χ2v) is 18.6. The fraction of sp³-hybridized carbons (Fsp3) is 0.148. The number of benzene rings is 9. The van der Waals surface area contributed by atoms with Gasteiger partial charge in [-0.15, -0.1) is 0 Å². The number of fused-ring (bicyclic) bond motifs is 4. The summed E-state index contributed by atoms with van der Waals surface area (Å²) in [4.78, 5) is 8.50. The number of rotatable bonds is 15. The Hall–Kier alpha value is -5.73. The topological polar surface area (TPSA) is 36.9 Å². The lowest BCUT2D eigenvalue weighted by Gasteiger charge is -2.17. The van der Waals surface area contributed by atoms with Gasteiger partial charge in [-0.1, -0.05) is 90.3 Å². The van der Waals surface area contributed by atoms with Crippen molar-refractivity contribution in [1.29, 1.82) is 0 Å². The van der Waals surface area contributed by atoms with Crippen LogP contribution in [-0.4, -0.2) is 26.4 Å². The van der Waals surface area contributed by atoms with E-state index in [2.05, 4.69) is 164 Å². The van der Waals surface area contributed by atoms with Gasteiger partial charge in [0, 0.05) is 62.7 Å². The Morgan fingerprint density at radius 3 is 0.967 bits per heavy atom. The van der Waals surface area contributed by atoms with Gasteiger partial charge >= 0.3 is 0 Å². The van der Waals surface area contributed by atoms with Crippen LogP contribution in [0.5, 0.6) is 23.0 Å². The standard InChI is InChI=1S/C54H47O4S3/c1-5-55-51-43-18-12-14-20-45(43)53(57-7-3)49-34-38(26-32-47(49)51)59-36-22-28-41(29-23-36)61(40-16-10-9-11-17-40)42-30-24-37(25-31-42)60-39-27-33-48-50(35-39)54(58-8-4)46-21-15-13-19-44(46)52(48)56-6-2/h9-35H,5-8H2,1-4H3/q+1. The lowest BCUT2D eigenvalue weighted by molar-refractivity contribution is 0.342. The first kappa shape index (κ1) is 40.7. The predicted octanol–water partition coefficient (Wildman–Crippen LogP) is 15.3. The molecule has 0 heterocycles. The molecule has 0 spiro atoms. The van der Waals surface area contributed by atoms with Crippen molar-refractivity contribution in [2.45, 2.75) is 62.0 Å². The molecule has 0 aliphatic carbocycles. The molecule has 0 N–H and O–H groups in total. The van der Waals surface area contributed by atoms with Crippen molar-refractivity contribution in [3.8, 4) is 23.0 Å². The summed E-state index contributed by atoms with van der Waals surface area (Å²) in [6, 6.07) is 59.0. The van der Waals surface area contributed by atoms with Gasteiger partial charge in [0.05, 0.1) is 37.3 Å². The Labute approximate surface area is 369 Å². The Kier molecular flexibility index (Phi) is 12.3. The van der Waals surface area contributed by atoms with Gasteiger partial charge < -0.3 is 18.9 Å². The van der Waals surface area contributed by atoms with Crippen LogP contribution in [0.2, 0.25) is 0 Å². The summed E-state index contributed by atoms with van der Waals surface area (Å²) in [6.45, 7) is 10.5. The molecular weight excluding hydrogens is 809 g/mol. The second-order valence-electron chi connectivity index (χ2n) is 14.3. The van der Waals surface area contributed by atoms with Gasteiger partial charge in [-0.05, 0) is 125 Å². The molecule has 0 saturated carbocycles. The average molecular weight is 856 g/mol. The van der Waals surface area contributed by atoms with Crippen molar-refractivity contribution < 1.29 is 18.9 Å². The smallest absolute Gasteiger partial charge is 0.166 e. The lowest BCUT2D eigenvalue weighted by Crippen LogP contribution is -2.04. The fourth-order valence-electron chi connectivity index (χ4n) is 8.01. The van der Waals surface area contributed by atoms with Gasteiger partial charge in [-0.2, -0.15) is 0 Å². The summed E-state index contributed by atoms with van der Waals surface area (Å²) in [6.07, 6.45) is 0. The van der Waals surface area contributed by atoms with Crippen molar-refractivity contribution in [3.05, 3.63) is 164 Å². The zero-order chi connectivity index (χ0) is 41.7. The van der Waals surface area contributed by atoms with Gasteiger partial charge in [0.1, 0.15) is 23.0 Å². The molecule has 0 fully saturated rings. The second kappa shape index (κ2) is 18.5. The molecular formula is C54H47O4S3+. The molecule has 0 aliphatic heterocycles. The average Bonchev–Trinajstić information content (AvgIpc) is 3.30. The van der Waals surface area contributed by atoms with Crippen LogP contribution in [0.3, 0.4) is 0 Å². The SMILES string of the molecule is CCOc1c2ccccc2c(OCC)c2cc(Sc3ccc([S+](c4ccccc4)c4ccc(Sc5ccc6c(OCC)c7ccccc7c(OCC)c6c5)cc4)cc3)ccc12. The first-order valence-corrected chi connectivity index (χ1v) is 23.8. The van der Waals surface area contributed by atoms with Gasteiger partial charge in [0.25, 0.3) is 0 Å². The van der Waals surface area contributed by atoms with Gasteiger partial charge in [0.2, 0.25) is 0 Å². The molecule has 304 valence electrons. The third-order valence-corrected chi connectivity index (χ3v) is 14.7. The van der Waals surface area contributed by atoms with Crippen LogP contribution in [0.15, 0.2) is 198 Å². The predicted molar refractivity (Wildman–Crippen MR) is 257 cm³/mol. The molecule has 0 saturated heterocycles. The van der Waals surface area contributed by atoms with Gasteiger partial charge in [0.15, 0.2) is 14.7 Å². The fourth-order valence-corrected chi connectivity index (χ4v) is 11.8. The largest absolute Gasteiger partial charge is 0.493 e. The van der Waals surface area contributed by atoms with E-state index >= 15 is 0 Å². The molecule has 0 aliphatic rings. The number of hydrogen-bond acceptors (Lipinski definition) is 6. The molecule has 0 bridgehead atoms. The van der Waals surface area contributed by atoms with Crippen LogP contribution in [-0.2, 0) is 10.9 Å². The minimum atomic E-state index is -0.288. The Balaban J connectivity index is 1.000.